The Kier molecular flexibility index (Phi) is 7.96. The van der Waals surface area contributed by atoms with E-state index in [1.165, 1.54) is 30.0 Å². The van der Waals surface area contributed by atoms with Crippen molar-refractivity contribution in [3.63, 3.8) is 0 Å². The fraction of sp³-hybridized carbons (Fsp3) is 0.136. The maximum atomic E-state index is 11.9. The molecule has 0 fully saturated rings. The number of aromatic nitrogens is 2. The lowest BCUT2D eigenvalue weighted by Gasteiger charge is -2.11. The summed E-state index contributed by atoms with van der Waals surface area (Å²) in [5.74, 6) is 0.774. The third-order valence-electron chi connectivity index (χ3n) is 4.26. The predicted octanol–water partition coefficient (Wildman–Crippen LogP) is 5.12. The summed E-state index contributed by atoms with van der Waals surface area (Å²) in [6.45, 7) is 3.77. The molecule has 3 rings (SSSR count). The normalized spacial score (nSPS) is 11.8. The van der Waals surface area contributed by atoms with E-state index in [9.17, 15) is 8.42 Å². The monoisotopic (exact) mass is 504 g/mol. The Balaban J connectivity index is 1.99. The molecule has 8 nitrogen and oxygen atoms in total. The maximum absolute atomic E-state index is 11.9. The molecule has 33 heavy (non-hydrogen) atoms. The van der Waals surface area contributed by atoms with Crippen LogP contribution in [-0.4, -0.2) is 42.7 Å². The van der Waals surface area contributed by atoms with E-state index in [4.69, 9.17) is 26.3 Å². The molecular weight excluding hydrogens is 484 g/mol. The van der Waals surface area contributed by atoms with Crippen LogP contribution >= 0.6 is 23.4 Å². The summed E-state index contributed by atoms with van der Waals surface area (Å²) in [5.41, 5.74) is 1.32. The van der Waals surface area contributed by atoms with Crippen LogP contribution in [0.4, 0.5) is 5.69 Å². The second kappa shape index (κ2) is 10.7. The summed E-state index contributed by atoms with van der Waals surface area (Å²) in [4.78, 5) is 4.53. The van der Waals surface area contributed by atoms with Crippen LogP contribution < -0.4 is 5.32 Å². The van der Waals surface area contributed by atoms with Crippen molar-refractivity contribution in [3.05, 3.63) is 77.9 Å². The van der Waals surface area contributed by atoms with Gasteiger partial charge >= 0.3 is 0 Å². The van der Waals surface area contributed by atoms with Crippen molar-refractivity contribution >= 4 is 50.3 Å². The smallest absolute Gasteiger partial charge is 0.274 e. The standard InChI is InChI=1S/C22H21ClN4O4S2/c1-14(30-13-32-2)18(24)12-20(25-19-10-5-4-9-17(19)23)22-26-21(27-31-22)15-7-6-8-16(11-15)33(3,28)29/h4-12,24-25H,1,13H2,2-3H3/b20-12-,24-18?. The number of thioether (sulfide) groups is 1. The van der Waals surface area contributed by atoms with Crippen LogP contribution in [0.3, 0.4) is 0 Å². The van der Waals surface area contributed by atoms with Crippen molar-refractivity contribution in [2.75, 3.05) is 23.8 Å². The van der Waals surface area contributed by atoms with E-state index in [2.05, 4.69) is 22.0 Å². The van der Waals surface area contributed by atoms with Crippen LogP contribution in [-0.2, 0) is 14.6 Å². The lowest BCUT2D eigenvalue weighted by atomic mass is 10.2. The zero-order valence-electron chi connectivity index (χ0n) is 17.8. The Morgan fingerprint density at radius 3 is 2.76 bits per heavy atom. The third kappa shape index (κ3) is 6.47. The first-order valence-electron chi connectivity index (χ1n) is 9.46. The number of halogens is 1. The van der Waals surface area contributed by atoms with Gasteiger partial charge in [-0.15, -0.1) is 11.8 Å². The minimum absolute atomic E-state index is 0.00238. The number of nitrogens with one attached hydrogen (secondary N) is 2. The summed E-state index contributed by atoms with van der Waals surface area (Å²) in [7, 11) is -3.40. The summed E-state index contributed by atoms with van der Waals surface area (Å²) in [6, 6.07) is 13.3. The van der Waals surface area contributed by atoms with Gasteiger partial charge in [-0.25, -0.2) is 8.42 Å². The average Bonchev–Trinajstić information content (AvgIpc) is 3.28. The highest BCUT2D eigenvalue weighted by molar-refractivity contribution is 7.98. The Labute approximate surface area is 201 Å². The number of anilines is 1. The predicted molar refractivity (Wildman–Crippen MR) is 132 cm³/mol. The fourth-order valence-corrected chi connectivity index (χ4v) is 3.72. The first-order chi connectivity index (χ1) is 15.7. The molecule has 0 amide bonds. The van der Waals surface area contributed by atoms with Gasteiger partial charge in [0.1, 0.15) is 17.4 Å². The topological polar surface area (TPSA) is 118 Å². The molecule has 0 unspecified atom stereocenters. The van der Waals surface area contributed by atoms with Gasteiger partial charge in [0, 0.05) is 11.8 Å². The number of para-hydroxylation sites is 1. The number of rotatable bonds is 10. The largest absolute Gasteiger partial charge is 0.481 e. The zero-order valence-corrected chi connectivity index (χ0v) is 20.2. The number of sulfone groups is 1. The summed E-state index contributed by atoms with van der Waals surface area (Å²) >= 11 is 7.73. The molecule has 172 valence electrons. The van der Waals surface area contributed by atoms with Gasteiger partial charge < -0.3 is 14.6 Å². The first-order valence-corrected chi connectivity index (χ1v) is 13.1. The summed E-state index contributed by atoms with van der Waals surface area (Å²) < 4.78 is 34.6. The molecule has 0 atom stereocenters. The number of benzene rings is 2. The SMILES string of the molecule is C=C(OCSC)C(=N)/C=C(\Nc1ccccc1Cl)c1nc(-c2cccc(S(C)(=O)=O)c2)no1. The molecule has 0 aliphatic carbocycles. The molecule has 0 saturated carbocycles. The number of hydrogen-bond acceptors (Lipinski definition) is 9. The summed E-state index contributed by atoms with van der Waals surface area (Å²) in [6.07, 6.45) is 4.44. The highest BCUT2D eigenvalue weighted by atomic mass is 35.5. The van der Waals surface area contributed by atoms with Crippen LogP contribution in [0.5, 0.6) is 0 Å². The second-order valence-electron chi connectivity index (χ2n) is 6.77. The molecule has 0 aliphatic heterocycles. The Hall–Kier alpha value is -3.08. The van der Waals surface area contributed by atoms with Crippen molar-refractivity contribution in [1.82, 2.24) is 10.1 Å². The molecule has 1 heterocycles. The Bertz CT molecular complexity index is 1320. The van der Waals surface area contributed by atoms with Crippen LogP contribution in [0.15, 0.2) is 76.4 Å². The first kappa shape index (κ1) is 24.6. The van der Waals surface area contributed by atoms with E-state index in [-0.39, 0.29) is 28.1 Å². The minimum Gasteiger partial charge on any atom is -0.481 e. The van der Waals surface area contributed by atoms with Crippen molar-refractivity contribution in [2.45, 2.75) is 4.90 Å². The van der Waals surface area contributed by atoms with Gasteiger partial charge in [-0.05, 0) is 36.6 Å². The van der Waals surface area contributed by atoms with E-state index >= 15 is 0 Å². The molecule has 11 heteroatoms. The van der Waals surface area contributed by atoms with Crippen molar-refractivity contribution < 1.29 is 17.7 Å². The van der Waals surface area contributed by atoms with Crippen LogP contribution in [0, 0.1) is 5.41 Å². The molecule has 1 aromatic heterocycles. The van der Waals surface area contributed by atoms with Gasteiger partial charge in [-0.3, -0.25) is 5.41 Å². The highest BCUT2D eigenvalue weighted by Gasteiger charge is 2.17. The fourth-order valence-electron chi connectivity index (χ4n) is 2.61. The Morgan fingerprint density at radius 1 is 1.30 bits per heavy atom. The molecule has 0 spiro atoms. The second-order valence-corrected chi connectivity index (χ2v) is 10.0. The molecule has 2 aromatic carbocycles. The lowest BCUT2D eigenvalue weighted by molar-refractivity contribution is 0.297. The maximum Gasteiger partial charge on any atom is 0.274 e. The molecule has 3 aromatic rings. The van der Waals surface area contributed by atoms with E-state index in [0.29, 0.717) is 27.9 Å². The number of ether oxygens (including phenoxy) is 1. The number of hydrogen-bond donors (Lipinski definition) is 2. The van der Waals surface area contributed by atoms with Gasteiger partial charge in [0.25, 0.3) is 5.89 Å². The lowest BCUT2D eigenvalue weighted by Crippen LogP contribution is -2.06. The molecule has 0 aliphatic rings. The quantitative estimate of drug-likeness (QED) is 0.222. The van der Waals surface area contributed by atoms with Crippen molar-refractivity contribution in [2.24, 2.45) is 0 Å². The summed E-state index contributed by atoms with van der Waals surface area (Å²) in [5, 5.41) is 15.8. The minimum atomic E-state index is -3.40. The van der Waals surface area contributed by atoms with E-state index < -0.39 is 9.84 Å². The van der Waals surface area contributed by atoms with Gasteiger partial charge in [0.2, 0.25) is 5.82 Å². The third-order valence-corrected chi connectivity index (χ3v) is 6.05. The molecule has 0 bridgehead atoms. The van der Waals surface area contributed by atoms with Crippen LogP contribution in [0.25, 0.3) is 17.1 Å². The van der Waals surface area contributed by atoms with Gasteiger partial charge in [0.15, 0.2) is 9.84 Å². The van der Waals surface area contributed by atoms with Gasteiger partial charge in [0.05, 0.1) is 21.3 Å². The van der Waals surface area contributed by atoms with Crippen molar-refractivity contribution in [3.8, 4) is 11.4 Å². The Morgan fingerprint density at radius 2 is 2.06 bits per heavy atom. The molecule has 0 radical (unpaired) electrons. The van der Waals surface area contributed by atoms with Crippen molar-refractivity contribution in [1.29, 1.82) is 5.41 Å². The van der Waals surface area contributed by atoms with Gasteiger partial charge in [-0.1, -0.05) is 47.6 Å². The molecule has 0 saturated heterocycles. The average molecular weight is 505 g/mol. The van der Waals surface area contributed by atoms with Crippen LogP contribution in [0.2, 0.25) is 5.02 Å². The van der Waals surface area contributed by atoms with E-state index in [1.54, 1.807) is 36.4 Å². The number of nitrogens with zero attached hydrogens (tertiary/aromatic N) is 2. The molecular formula is C22H21ClN4O4S2. The molecule has 2 N–H and O–H groups in total. The van der Waals surface area contributed by atoms with E-state index in [1.807, 2.05) is 6.26 Å². The zero-order chi connectivity index (χ0) is 24.0. The van der Waals surface area contributed by atoms with Crippen LogP contribution in [0.1, 0.15) is 5.89 Å². The highest BCUT2D eigenvalue weighted by Crippen LogP contribution is 2.27. The van der Waals surface area contributed by atoms with Gasteiger partial charge in [-0.2, -0.15) is 4.98 Å². The van der Waals surface area contributed by atoms with E-state index in [0.717, 1.165) is 6.26 Å². The number of allylic oxidation sites excluding steroid dienone is 1.